The van der Waals surface area contributed by atoms with Crippen LogP contribution in [0.1, 0.15) is 0 Å². The summed E-state index contributed by atoms with van der Waals surface area (Å²) in [7, 11) is 0. The Morgan fingerprint density at radius 2 is 0.600 bits per heavy atom. The summed E-state index contributed by atoms with van der Waals surface area (Å²) in [6.07, 6.45) is 0. The molecule has 5 heavy (non-hydrogen) atoms. The predicted molar refractivity (Wildman–Crippen MR) is 10.0 cm³/mol. The van der Waals surface area contributed by atoms with Gasteiger partial charge in [-0.15, -0.1) is 0 Å². The van der Waals surface area contributed by atoms with Gasteiger partial charge in [-0.2, -0.15) is 0 Å². The average Bonchev–Trinajstić information content (AvgIpc) is 0. The Kier molecular flexibility index (Phi) is 218. The molecule has 1 nitrogen and oxygen atoms in total. The molecule has 0 bridgehead atoms. The second-order valence-electron chi connectivity index (χ2n) is 0. The molecule has 2 N–H and O–H groups in total. The van der Waals surface area contributed by atoms with Crippen LogP contribution in [0.3, 0.4) is 0 Å². The van der Waals surface area contributed by atoms with E-state index in [9.17, 15) is 0 Å². The molecule has 3 radical (unpaired) electrons. The van der Waals surface area contributed by atoms with Crippen molar-refractivity contribution in [3.63, 3.8) is 0 Å². The zero-order chi connectivity index (χ0) is 0. The van der Waals surface area contributed by atoms with E-state index >= 15 is 0 Å². The molecule has 0 spiro atoms. The number of rotatable bonds is 0. The first-order chi connectivity index (χ1) is 0. The van der Waals surface area contributed by atoms with Crippen LogP contribution in [0.5, 0.6) is 0 Å². The molecular weight excluding hydrogens is 295 g/mol. The van der Waals surface area contributed by atoms with Crippen molar-refractivity contribution in [3.05, 3.63) is 7.43 Å². The van der Waals surface area contributed by atoms with Crippen LogP contribution in [0.2, 0.25) is 0 Å². The summed E-state index contributed by atoms with van der Waals surface area (Å²) in [6, 6.07) is 0. The minimum Gasteiger partial charge on any atom is -0.412 e. The fourth-order valence-electron chi connectivity index (χ4n) is 0. The van der Waals surface area contributed by atoms with Crippen LogP contribution in [0.25, 0.3) is 0 Å². The van der Waals surface area contributed by atoms with E-state index in [0.717, 1.165) is 0 Å². The minimum atomic E-state index is 0. The fourth-order valence-corrected chi connectivity index (χ4v) is 0. The second-order valence-corrected chi connectivity index (χ2v) is 0. The number of hydrogen-bond acceptors (Lipinski definition) is 0. The molecule has 4 heteroatoms. The molecule has 0 aromatic heterocycles. The standard InChI is InChI=1S/CH3.H2O.3Y/h1H3;1H2;;;/q-1;;;;. The molecule has 0 heterocycles. The summed E-state index contributed by atoms with van der Waals surface area (Å²) in [6.45, 7) is 0. The van der Waals surface area contributed by atoms with E-state index in [1.165, 1.54) is 0 Å². The van der Waals surface area contributed by atoms with Gasteiger partial charge in [-0.3, -0.25) is 0 Å². The van der Waals surface area contributed by atoms with Gasteiger partial charge in [0.25, 0.3) is 0 Å². The van der Waals surface area contributed by atoms with Crippen LogP contribution in [-0.4, -0.2) is 5.48 Å². The molecule has 0 rings (SSSR count). The molecule has 0 saturated carbocycles. The van der Waals surface area contributed by atoms with E-state index in [1.807, 2.05) is 0 Å². The van der Waals surface area contributed by atoms with Crippen molar-refractivity contribution in [1.82, 2.24) is 0 Å². The van der Waals surface area contributed by atoms with Gasteiger partial charge in [-0.25, -0.2) is 0 Å². The maximum Gasteiger partial charge on any atom is 0 e. The van der Waals surface area contributed by atoms with Crippen molar-refractivity contribution in [2.24, 2.45) is 0 Å². The Balaban J connectivity index is 0. The van der Waals surface area contributed by atoms with E-state index in [4.69, 9.17) is 0 Å². The molecule has 0 atom stereocenters. The topological polar surface area (TPSA) is 31.5 Å². The molecule has 0 unspecified atom stereocenters. The molecule has 0 aliphatic rings. The molecule has 0 aliphatic carbocycles. The van der Waals surface area contributed by atoms with Gasteiger partial charge in [-0.05, 0) is 0 Å². The summed E-state index contributed by atoms with van der Waals surface area (Å²) in [4.78, 5) is 0. The fraction of sp³-hybridized carbons (Fsp3) is 0. The summed E-state index contributed by atoms with van der Waals surface area (Å²) in [5.41, 5.74) is 0. The van der Waals surface area contributed by atoms with Crippen LogP contribution in [0.4, 0.5) is 0 Å². The molecular formula is CH5OY3-. The quantitative estimate of drug-likeness (QED) is 0.546. The molecule has 0 amide bonds. The molecule has 0 fully saturated rings. The Morgan fingerprint density at radius 3 is 0.600 bits per heavy atom. The van der Waals surface area contributed by atoms with E-state index in [-0.39, 0.29) is 111 Å². The van der Waals surface area contributed by atoms with Crippen molar-refractivity contribution >= 4 is 0 Å². The molecule has 0 saturated heterocycles. The van der Waals surface area contributed by atoms with Crippen molar-refractivity contribution < 1.29 is 104 Å². The molecule has 0 aliphatic heterocycles. The van der Waals surface area contributed by atoms with E-state index in [1.54, 1.807) is 0 Å². The largest absolute Gasteiger partial charge is 0.412 e. The van der Waals surface area contributed by atoms with Gasteiger partial charge < -0.3 is 12.9 Å². The van der Waals surface area contributed by atoms with Crippen LogP contribution >= 0.6 is 0 Å². The van der Waals surface area contributed by atoms with Crippen molar-refractivity contribution in [1.29, 1.82) is 0 Å². The SMILES string of the molecule is O.[CH3-].[Y].[Y].[Y]. The van der Waals surface area contributed by atoms with Crippen LogP contribution < -0.4 is 0 Å². The van der Waals surface area contributed by atoms with Crippen molar-refractivity contribution in [2.45, 2.75) is 0 Å². The van der Waals surface area contributed by atoms with Gasteiger partial charge in [0.1, 0.15) is 0 Å². The van der Waals surface area contributed by atoms with Crippen molar-refractivity contribution in [3.8, 4) is 0 Å². The average molecular weight is 300 g/mol. The zero-order valence-electron chi connectivity index (χ0n) is 3.23. The Labute approximate surface area is 108 Å². The van der Waals surface area contributed by atoms with E-state index in [0.29, 0.717) is 0 Å². The Morgan fingerprint density at radius 1 is 0.600 bits per heavy atom. The van der Waals surface area contributed by atoms with Gasteiger partial charge in [0.05, 0.1) is 0 Å². The third-order valence-electron chi connectivity index (χ3n) is 0. The maximum atomic E-state index is 0. The summed E-state index contributed by atoms with van der Waals surface area (Å²) in [5, 5.41) is 0. The normalized spacial score (nSPS) is 0. The van der Waals surface area contributed by atoms with Crippen LogP contribution in [-0.2, 0) is 98.1 Å². The van der Waals surface area contributed by atoms with Gasteiger partial charge in [0.2, 0.25) is 0 Å². The Bertz CT molecular complexity index is 6.85. The zero-order valence-corrected chi connectivity index (χ0v) is 11.7. The first-order valence-corrected chi connectivity index (χ1v) is 0. The monoisotopic (exact) mass is 300 g/mol. The van der Waals surface area contributed by atoms with E-state index < -0.39 is 0 Å². The summed E-state index contributed by atoms with van der Waals surface area (Å²) < 4.78 is 0. The van der Waals surface area contributed by atoms with Gasteiger partial charge in [-0.1, -0.05) is 0 Å². The first kappa shape index (κ1) is 40.9. The van der Waals surface area contributed by atoms with Crippen LogP contribution in [0.15, 0.2) is 0 Å². The number of hydrogen-bond donors (Lipinski definition) is 0. The molecule has 0 aromatic rings. The van der Waals surface area contributed by atoms with Gasteiger partial charge >= 0.3 is 0 Å². The second kappa shape index (κ2) is 26.7. The summed E-state index contributed by atoms with van der Waals surface area (Å²) >= 11 is 0. The van der Waals surface area contributed by atoms with E-state index in [2.05, 4.69) is 0 Å². The van der Waals surface area contributed by atoms with Gasteiger partial charge in [0.15, 0.2) is 0 Å². The molecule has 0 aromatic carbocycles. The smallest absolute Gasteiger partial charge is 0 e. The van der Waals surface area contributed by atoms with Crippen LogP contribution in [0, 0.1) is 7.43 Å². The molecule has 25 valence electrons. The minimum absolute atomic E-state index is 0. The van der Waals surface area contributed by atoms with Gasteiger partial charge in [0, 0.05) is 98.1 Å². The maximum absolute atomic E-state index is 0. The predicted octanol–water partition coefficient (Wildman–Crippen LogP) is -0.382. The third-order valence-corrected chi connectivity index (χ3v) is 0. The van der Waals surface area contributed by atoms with Crippen molar-refractivity contribution in [2.75, 3.05) is 0 Å². The first-order valence-electron chi connectivity index (χ1n) is 0. The third kappa shape index (κ3) is 18.9. The Hall–Kier alpha value is 3.27. The summed E-state index contributed by atoms with van der Waals surface area (Å²) in [5.74, 6) is 0.